The van der Waals surface area contributed by atoms with Gasteiger partial charge in [0.25, 0.3) is 0 Å². The number of hydrogen-bond acceptors (Lipinski definition) is 4. The molecule has 0 amide bonds. The zero-order chi connectivity index (χ0) is 11.4. The van der Waals surface area contributed by atoms with E-state index in [2.05, 4.69) is 10.0 Å². The summed E-state index contributed by atoms with van der Waals surface area (Å²) in [5, 5.41) is 3.21. The minimum Gasteiger partial charge on any atom is -0.381 e. The lowest BCUT2D eigenvalue weighted by Crippen LogP contribution is -2.55. The van der Waals surface area contributed by atoms with Crippen LogP contribution in [0.5, 0.6) is 0 Å². The second kappa shape index (κ2) is 5.25. The number of rotatable bonds is 5. The van der Waals surface area contributed by atoms with Gasteiger partial charge < -0.3 is 10.1 Å². The molecule has 0 atom stereocenters. The van der Waals surface area contributed by atoms with Gasteiger partial charge in [-0.1, -0.05) is 0 Å². The number of nitrogens with one attached hydrogen (secondary N) is 2. The van der Waals surface area contributed by atoms with Gasteiger partial charge in [0.1, 0.15) is 0 Å². The third-order valence-corrected chi connectivity index (χ3v) is 4.33. The van der Waals surface area contributed by atoms with Crippen LogP contribution in [0.25, 0.3) is 0 Å². The van der Waals surface area contributed by atoms with Crippen LogP contribution in [0.2, 0.25) is 0 Å². The number of hydrogen-bond donors (Lipinski definition) is 2. The molecule has 1 aliphatic rings. The van der Waals surface area contributed by atoms with Crippen molar-refractivity contribution in [1.82, 2.24) is 10.0 Å². The topological polar surface area (TPSA) is 67.4 Å². The summed E-state index contributed by atoms with van der Waals surface area (Å²) in [5.74, 6) is 0.128. The molecular weight excluding hydrogens is 216 g/mol. The van der Waals surface area contributed by atoms with Gasteiger partial charge in [-0.25, -0.2) is 13.1 Å². The molecule has 5 nitrogen and oxygen atoms in total. The average molecular weight is 236 g/mol. The molecule has 15 heavy (non-hydrogen) atoms. The molecule has 1 saturated heterocycles. The summed E-state index contributed by atoms with van der Waals surface area (Å²) in [6.45, 7) is 3.46. The van der Waals surface area contributed by atoms with Crippen molar-refractivity contribution in [2.45, 2.75) is 25.3 Å². The highest BCUT2D eigenvalue weighted by molar-refractivity contribution is 7.89. The molecule has 2 N–H and O–H groups in total. The molecule has 0 saturated carbocycles. The molecule has 0 aromatic heterocycles. The lowest BCUT2D eigenvalue weighted by atomic mass is 9.90. The van der Waals surface area contributed by atoms with Crippen molar-refractivity contribution in [1.29, 1.82) is 0 Å². The van der Waals surface area contributed by atoms with E-state index in [0.29, 0.717) is 19.8 Å². The Morgan fingerprint density at radius 3 is 2.40 bits per heavy atom. The second-order valence-corrected chi connectivity index (χ2v) is 5.96. The summed E-state index contributed by atoms with van der Waals surface area (Å²) in [6, 6.07) is 0. The Kier molecular flexibility index (Phi) is 4.51. The minimum atomic E-state index is -3.10. The summed E-state index contributed by atoms with van der Waals surface area (Å²) in [6.07, 6.45) is 1.69. The van der Waals surface area contributed by atoms with Gasteiger partial charge in [0, 0.05) is 25.3 Å². The van der Waals surface area contributed by atoms with E-state index in [0.717, 1.165) is 12.8 Å². The van der Waals surface area contributed by atoms with Crippen molar-refractivity contribution < 1.29 is 13.2 Å². The molecule has 0 aromatic rings. The van der Waals surface area contributed by atoms with Crippen molar-refractivity contribution in [3.05, 3.63) is 0 Å². The molecule has 0 aromatic carbocycles. The van der Waals surface area contributed by atoms with E-state index < -0.39 is 10.0 Å². The van der Waals surface area contributed by atoms with Crippen molar-refractivity contribution in [2.75, 3.05) is 32.6 Å². The maximum atomic E-state index is 11.3. The standard InChI is InChI=1S/C9H20N2O3S/c1-3-15(12,13)11-8-9(10-2)4-6-14-7-5-9/h10-11H,3-8H2,1-2H3. The molecule has 0 spiro atoms. The van der Waals surface area contributed by atoms with Crippen LogP contribution in [-0.4, -0.2) is 46.5 Å². The Hall–Kier alpha value is -0.170. The first-order valence-electron chi connectivity index (χ1n) is 5.27. The third kappa shape index (κ3) is 3.71. The zero-order valence-corrected chi connectivity index (χ0v) is 10.2. The van der Waals surface area contributed by atoms with E-state index in [1.54, 1.807) is 6.92 Å². The molecule has 0 unspecified atom stereocenters. The van der Waals surface area contributed by atoms with E-state index in [-0.39, 0.29) is 11.3 Å². The van der Waals surface area contributed by atoms with Gasteiger partial charge in [-0.05, 0) is 26.8 Å². The fourth-order valence-electron chi connectivity index (χ4n) is 1.63. The summed E-state index contributed by atoms with van der Waals surface area (Å²) < 4.78 is 30.6. The largest absolute Gasteiger partial charge is 0.381 e. The van der Waals surface area contributed by atoms with E-state index in [4.69, 9.17) is 4.74 Å². The molecule has 0 bridgehead atoms. The van der Waals surface area contributed by atoms with Crippen molar-refractivity contribution >= 4 is 10.0 Å². The van der Waals surface area contributed by atoms with Gasteiger partial charge in [-0.2, -0.15) is 0 Å². The molecule has 6 heteroatoms. The minimum absolute atomic E-state index is 0.128. The van der Waals surface area contributed by atoms with Gasteiger partial charge in [-0.3, -0.25) is 0 Å². The first-order chi connectivity index (χ1) is 7.04. The number of sulfonamides is 1. The highest BCUT2D eigenvalue weighted by Gasteiger charge is 2.31. The van der Waals surface area contributed by atoms with Crippen LogP contribution in [0.3, 0.4) is 0 Å². The highest BCUT2D eigenvalue weighted by Crippen LogP contribution is 2.19. The predicted molar refractivity (Wildman–Crippen MR) is 59.3 cm³/mol. The molecule has 0 radical (unpaired) electrons. The van der Waals surface area contributed by atoms with Crippen LogP contribution in [-0.2, 0) is 14.8 Å². The van der Waals surface area contributed by atoms with Crippen LogP contribution >= 0.6 is 0 Å². The second-order valence-electron chi connectivity index (χ2n) is 3.87. The smallest absolute Gasteiger partial charge is 0.211 e. The van der Waals surface area contributed by atoms with Gasteiger partial charge >= 0.3 is 0 Å². The third-order valence-electron chi connectivity index (χ3n) is 2.99. The van der Waals surface area contributed by atoms with E-state index >= 15 is 0 Å². The fraction of sp³-hybridized carbons (Fsp3) is 1.00. The zero-order valence-electron chi connectivity index (χ0n) is 9.38. The van der Waals surface area contributed by atoms with Crippen molar-refractivity contribution in [3.8, 4) is 0 Å². The Morgan fingerprint density at radius 1 is 1.33 bits per heavy atom. The van der Waals surface area contributed by atoms with Crippen molar-refractivity contribution in [2.24, 2.45) is 0 Å². The molecule has 1 heterocycles. The summed E-state index contributed by atoms with van der Waals surface area (Å²) in [5.41, 5.74) is -0.138. The predicted octanol–water partition coefficient (Wildman–Crippen LogP) is -0.306. The summed E-state index contributed by atoms with van der Waals surface area (Å²) in [4.78, 5) is 0. The molecule has 90 valence electrons. The molecule has 0 aliphatic carbocycles. The van der Waals surface area contributed by atoms with Crippen LogP contribution in [0, 0.1) is 0 Å². The van der Waals surface area contributed by atoms with E-state index in [1.165, 1.54) is 0 Å². The lowest BCUT2D eigenvalue weighted by Gasteiger charge is -2.37. The van der Waals surface area contributed by atoms with Crippen LogP contribution < -0.4 is 10.0 Å². The van der Waals surface area contributed by atoms with Gasteiger partial charge in [0.2, 0.25) is 10.0 Å². The summed E-state index contributed by atoms with van der Waals surface area (Å²) in [7, 11) is -1.23. The van der Waals surface area contributed by atoms with Gasteiger partial charge in [0.15, 0.2) is 0 Å². The Balaban J connectivity index is 2.53. The van der Waals surface area contributed by atoms with Crippen LogP contribution in [0.15, 0.2) is 0 Å². The highest BCUT2D eigenvalue weighted by atomic mass is 32.2. The first kappa shape index (κ1) is 12.9. The van der Waals surface area contributed by atoms with Gasteiger partial charge in [-0.15, -0.1) is 0 Å². The van der Waals surface area contributed by atoms with Crippen LogP contribution in [0.1, 0.15) is 19.8 Å². The fourth-order valence-corrected chi connectivity index (χ4v) is 2.33. The molecule has 1 fully saturated rings. The monoisotopic (exact) mass is 236 g/mol. The Bertz CT molecular complexity index is 284. The quantitative estimate of drug-likeness (QED) is 0.687. The molecular formula is C9H20N2O3S. The number of likely N-dealkylation sites (N-methyl/N-ethyl adjacent to an activating group) is 1. The van der Waals surface area contributed by atoms with E-state index in [1.807, 2.05) is 7.05 Å². The van der Waals surface area contributed by atoms with Gasteiger partial charge in [0.05, 0.1) is 5.75 Å². The van der Waals surface area contributed by atoms with Crippen LogP contribution in [0.4, 0.5) is 0 Å². The SMILES string of the molecule is CCS(=O)(=O)NCC1(NC)CCOCC1. The molecule has 1 aliphatic heterocycles. The first-order valence-corrected chi connectivity index (χ1v) is 6.93. The average Bonchev–Trinajstić information content (AvgIpc) is 2.28. The maximum Gasteiger partial charge on any atom is 0.211 e. The van der Waals surface area contributed by atoms with E-state index in [9.17, 15) is 8.42 Å². The normalized spacial score (nSPS) is 21.5. The number of ether oxygens (including phenoxy) is 1. The Labute approximate surface area is 91.6 Å². The van der Waals surface area contributed by atoms with Crippen molar-refractivity contribution in [3.63, 3.8) is 0 Å². The lowest BCUT2D eigenvalue weighted by molar-refractivity contribution is 0.0431. The summed E-state index contributed by atoms with van der Waals surface area (Å²) >= 11 is 0. The maximum absolute atomic E-state index is 11.3. The Morgan fingerprint density at radius 2 is 1.93 bits per heavy atom. The molecule has 1 rings (SSSR count).